The zero-order chi connectivity index (χ0) is 11.5. The standard InChI is InChI=1S/C15H18O/c1-4-6-12-9-10-16-14-8-7-11(3)13(5-2)15(12)14/h4,6-8H,1,5,9-10H2,2-3H3/b12-6-. The predicted molar refractivity (Wildman–Crippen MR) is 68.8 cm³/mol. The molecule has 0 saturated heterocycles. The van der Waals surface area contributed by atoms with E-state index in [2.05, 4.69) is 38.6 Å². The summed E-state index contributed by atoms with van der Waals surface area (Å²) < 4.78 is 5.72. The molecule has 0 spiro atoms. The van der Waals surface area contributed by atoms with Crippen LogP contribution >= 0.6 is 0 Å². The van der Waals surface area contributed by atoms with E-state index in [0.717, 1.165) is 25.2 Å². The normalized spacial score (nSPS) is 16.8. The highest BCUT2D eigenvalue weighted by Crippen LogP contribution is 2.37. The second kappa shape index (κ2) is 4.56. The first-order valence-electron chi connectivity index (χ1n) is 5.85. The van der Waals surface area contributed by atoms with Crippen molar-refractivity contribution in [2.75, 3.05) is 6.61 Å². The molecule has 0 N–H and O–H groups in total. The summed E-state index contributed by atoms with van der Waals surface area (Å²) in [5.74, 6) is 1.03. The van der Waals surface area contributed by atoms with Crippen molar-refractivity contribution in [1.29, 1.82) is 0 Å². The van der Waals surface area contributed by atoms with Crippen LogP contribution in [0.25, 0.3) is 5.57 Å². The minimum atomic E-state index is 0.777. The Morgan fingerprint density at radius 3 is 2.94 bits per heavy atom. The molecule has 0 unspecified atom stereocenters. The molecule has 0 fully saturated rings. The molecule has 84 valence electrons. The first-order valence-corrected chi connectivity index (χ1v) is 5.85. The van der Waals surface area contributed by atoms with Crippen LogP contribution in [0.5, 0.6) is 5.75 Å². The summed E-state index contributed by atoms with van der Waals surface area (Å²) >= 11 is 0. The fraction of sp³-hybridized carbons (Fsp3) is 0.333. The lowest BCUT2D eigenvalue weighted by Crippen LogP contribution is -2.10. The van der Waals surface area contributed by atoms with Gasteiger partial charge in [-0.2, -0.15) is 0 Å². The molecule has 0 aromatic heterocycles. The van der Waals surface area contributed by atoms with Crippen molar-refractivity contribution in [3.8, 4) is 5.75 Å². The van der Waals surface area contributed by atoms with Crippen molar-refractivity contribution in [3.05, 3.63) is 47.6 Å². The van der Waals surface area contributed by atoms with Crippen LogP contribution in [0.4, 0.5) is 0 Å². The molecule has 1 aliphatic heterocycles. The van der Waals surface area contributed by atoms with Gasteiger partial charge < -0.3 is 4.74 Å². The van der Waals surface area contributed by atoms with Crippen LogP contribution in [0.15, 0.2) is 30.9 Å². The van der Waals surface area contributed by atoms with Gasteiger partial charge in [-0.1, -0.05) is 31.7 Å². The van der Waals surface area contributed by atoms with Crippen LogP contribution < -0.4 is 4.74 Å². The summed E-state index contributed by atoms with van der Waals surface area (Å²) in [6.45, 7) is 8.93. The fourth-order valence-electron chi connectivity index (χ4n) is 2.36. The average Bonchev–Trinajstić information content (AvgIpc) is 2.30. The number of rotatable bonds is 2. The number of hydrogen-bond donors (Lipinski definition) is 0. The van der Waals surface area contributed by atoms with Crippen molar-refractivity contribution >= 4 is 5.57 Å². The number of aryl methyl sites for hydroxylation is 1. The minimum Gasteiger partial charge on any atom is -0.493 e. The number of fused-ring (bicyclic) bond motifs is 1. The zero-order valence-corrected chi connectivity index (χ0v) is 10.0. The third kappa shape index (κ3) is 1.78. The maximum atomic E-state index is 5.72. The lowest BCUT2D eigenvalue weighted by atomic mass is 9.90. The molecule has 2 rings (SSSR count). The lowest BCUT2D eigenvalue weighted by molar-refractivity contribution is 0.316. The van der Waals surface area contributed by atoms with Gasteiger partial charge in [0, 0.05) is 12.0 Å². The molecule has 0 atom stereocenters. The average molecular weight is 214 g/mol. The minimum absolute atomic E-state index is 0.777. The van der Waals surface area contributed by atoms with Gasteiger partial charge in [0.1, 0.15) is 5.75 Å². The summed E-state index contributed by atoms with van der Waals surface area (Å²) in [5, 5.41) is 0. The molecule has 1 nitrogen and oxygen atoms in total. The van der Waals surface area contributed by atoms with Crippen LogP contribution in [0.2, 0.25) is 0 Å². The lowest BCUT2D eigenvalue weighted by Gasteiger charge is -2.24. The second-order valence-electron chi connectivity index (χ2n) is 4.11. The highest BCUT2D eigenvalue weighted by molar-refractivity contribution is 5.76. The van der Waals surface area contributed by atoms with Gasteiger partial charge in [-0.15, -0.1) is 0 Å². The Balaban J connectivity index is 2.64. The Kier molecular flexibility index (Phi) is 3.14. The van der Waals surface area contributed by atoms with Gasteiger partial charge in [0.2, 0.25) is 0 Å². The largest absolute Gasteiger partial charge is 0.493 e. The van der Waals surface area contributed by atoms with Crippen LogP contribution in [0.1, 0.15) is 30.0 Å². The summed E-state index contributed by atoms with van der Waals surface area (Å²) in [5.41, 5.74) is 5.41. The second-order valence-corrected chi connectivity index (χ2v) is 4.11. The quantitative estimate of drug-likeness (QED) is 0.725. The zero-order valence-electron chi connectivity index (χ0n) is 10.0. The van der Waals surface area contributed by atoms with Crippen molar-refractivity contribution in [1.82, 2.24) is 0 Å². The van der Waals surface area contributed by atoms with E-state index in [9.17, 15) is 0 Å². The van der Waals surface area contributed by atoms with Crippen molar-refractivity contribution < 1.29 is 4.74 Å². The van der Waals surface area contributed by atoms with Crippen molar-refractivity contribution in [2.24, 2.45) is 0 Å². The van der Waals surface area contributed by atoms with E-state index in [1.165, 1.54) is 22.3 Å². The van der Waals surface area contributed by atoms with Gasteiger partial charge in [-0.25, -0.2) is 0 Å². The first-order chi connectivity index (χ1) is 7.77. The van der Waals surface area contributed by atoms with E-state index in [1.54, 1.807) is 0 Å². The van der Waals surface area contributed by atoms with E-state index in [-0.39, 0.29) is 0 Å². The van der Waals surface area contributed by atoms with E-state index in [0.29, 0.717) is 0 Å². The number of allylic oxidation sites excluding steroid dienone is 2. The van der Waals surface area contributed by atoms with Gasteiger partial charge in [0.25, 0.3) is 0 Å². The van der Waals surface area contributed by atoms with Crippen LogP contribution in [0.3, 0.4) is 0 Å². The third-order valence-electron chi connectivity index (χ3n) is 3.13. The predicted octanol–water partition coefficient (Wildman–Crippen LogP) is 3.91. The molecular formula is C15H18O. The Morgan fingerprint density at radius 2 is 2.25 bits per heavy atom. The highest BCUT2D eigenvalue weighted by Gasteiger charge is 2.18. The monoisotopic (exact) mass is 214 g/mol. The van der Waals surface area contributed by atoms with E-state index >= 15 is 0 Å². The molecule has 1 heterocycles. The molecule has 16 heavy (non-hydrogen) atoms. The molecule has 1 aromatic carbocycles. The SMILES string of the molecule is C=C/C=C1/CCOc2ccc(C)c(CC)c21. The Labute approximate surface area is 97.4 Å². The summed E-state index contributed by atoms with van der Waals surface area (Å²) in [6.07, 6.45) is 6.01. The van der Waals surface area contributed by atoms with E-state index in [1.807, 2.05) is 6.08 Å². The molecule has 1 aromatic rings. The van der Waals surface area contributed by atoms with Crippen molar-refractivity contribution in [3.63, 3.8) is 0 Å². The molecule has 0 amide bonds. The smallest absolute Gasteiger partial charge is 0.127 e. The van der Waals surface area contributed by atoms with Crippen LogP contribution in [0, 0.1) is 6.92 Å². The highest BCUT2D eigenvalue weighted by atomic mass is 16.5. The maximum Gasteiger partial charge on any atom is 0.127 e. The number of benzene rings is 1. The molecule has 0 bridgehead atoms. The molecule has 1 heteroatoms. The van der Waals surface area contributed by atoms with Gasteiger partial charge in [-0.3, -0.25) is 0 Å². The van der Waals surface area contributed by atoms with Crippen LogP contribution in [-0.2, 0) is 6.42 Å². The van der Waals surface area contributed by atoms with Crippen molar-refractivity contribution in [2.45, 2.75) is 26.7 Å². The maximum absolute atomic E-state index is 5.72. The Morgan fingerprint density at radius 1 is 1.44 bits per heavy atom. The first kappa shape index (κ1) is 11.0. The van der Waals surface area contributed by atoms with Gasteiger partial charge in [-0.05, 0) is 36.1 Å². The third-order valence-corrected chi connectivity index (χ3v) is 3.13. The number of ether oxygens (including phenoxy) is 1. The summed E-state index contributed by atoms with van der Waals surface area (Å²) in [6, 6.07) is 4.23. The Bertz CT molecular complexity index is 441. The molecule has 1 aliphatic rings. The van der Waals surface area contributed by atoms with Crippen LogP contribution in [-0.4, -0.2) is 6.61 Å². The Hall–Kier alpha value is -1.50. The summed E-state index contributed by atoms with van der Waals surface area (Å²) in [4.78, 5) is 0. The summed E-state index contributed by atoms with van der Waals surface area (Å²) in [7, 11) is 0. The molecule has 0 saturated carbocycles. The van der Waals surface area contributed by atoms with Gasteiger partial charge in [0.15, 0.2) is 0 Å². The van der Waals surface area contributed by atoms with Gasteiger partial charge in [0.05, 0.1) is 6.61 Å². The fourth-order valence-corrected chi connectivity index (χ4v) is 2.36. The van der Waals surface area contributed by atoms with Gasteiger partial charge >= 0.3 is 0 Å². The van der Waals surface area contributed by atoms with E-state index in [4.69, 9.17) is 4.74 Å². The molecular weight excluding hydrogens is 196 g/mol. The topological polar surface area (TPSA) is 9.23 Å². The van der Waals surface area contributed by atoms with E-state index < -0.39 is 0 Å². The molecule has 0 radical (unpaired) electrons. The molecule has 0 aliphatic carbocycles. The number of hydrogen-bond acceptors (Lipinski definition) is 1.